The van der Waals surface area contributed by atoms with Crippen LogP contribution >= 0.6 is 0 Å². The number of aryl methyl sites for hydroxylation is 1. The Hall–Kier alpha value is -4.61. The number of hydrogen-bond donors (Lipinski definition) is 2. The number of rotatable bonds is 13. The highest BCUT2D eigenvalue weighted by Crippen LogP contribution is 2.39. The molecule has 1 heterocycles. The van der Waals surface area contributed by atoms with Crippen LogP contribution < -0.4 is 25.2 Å². The van der Waals surface area contributed by atoms with Crippen molar-refractivity contribution in [3.05, 3.63) is 73.7 Å². The average molecular weight is 540 g/mol. The molecule has 0 bridgehead atoms. The van der Waals surface area contributed by atoms with E-state index in [-0.39, 0.29) is 16.8 Å². The molecule has 0 aliphatic carbocycles. The number of non-ortho nitro benzene ring substituents is 1. The Labute approximate surface area is 225 Å². The molecule has 0 fully saturated rings. The third-order valence-corrected chi connectivity index (χ3v) is 5.64. The molecule has 3 rings (SSSR count). The van der Waals surface area contributed by atoms with E-state index in [0.717, 1.165) is 6.42 Å². The number of ether oxygens (including phenoxy) is 3. The first-order chi connectivity index (χ1) is 18.7. The number of aromatic amines is 1. The van der Waals surface area contributed by atoms with Crippen LogP contribution in [0.25, 0.3) is 5.69 Å². The Kier molecular flexibility index (Phi) is 9.85. The van der Waals surface area contributed by atoms with E-state index in [1.54, 1.807) is 19.1 Å². The molecule has 1 aromatic heterocycles. The largest absolute Gasteiger partial charge is 0.490 e. The Balaban J connectivity index is 1.95. The van der Waals surface area contributed by atoms with E-state index in [4.69, 9.17) is 14.2 Å². The van der Waals surface area contributed by atoms with Crippen LogP contribution in [0.3, 0.4) is 0 Å². The van der Waals surface area contributed by atoms with Gasteiger partial charge in [0.05, 0.1) is 41.7 Å². The van der Waals surface area contributed by atoms with Gasteiger partial charge in [0.25, 0.3) is 17.2 Å². The monoisotopic (exact) mass is 539 g/mol. The number of benzene rings is 2. The molecule has 12 heteroatoms. The number of H-pyrrole nitrogens is 1. The molecular formula is C27H33N5O7. The summed E-state index contributed by atoms with van der Waals surface area (Å²) in [5.74, 6) is 0.638. The molecule has 0 radical (unpaired) electrons. The second-order valence-electron chi connectivity index (χ2n) is 8.37. The summed E-state index contributed by atoms with van der Waals surface area (Å²) in [5.41, 5.74) is 3.97. The van der Waals surface area contributed by atoms with E-state index in [1.165, 1.54) is 28.9 Å². The number of nitrogens with zero attached hydrogens (tertiary/aromatic N) is 3. The third kappa shape index (κ3) is 6.64. The van der Waals surface area contributed by atoms with E-state index in [1.807, 2.05) is 27.7 Å². The average Bonchev–Trinajstić information content (AvgIpc) is 3.24. The van der Waals surface area contributed by atoms with Gasteiger partial charge in [0, 0.05) is 23.4 Å². The number of aromatic nitrogens is 2. The van der Waals surface area contributed by atoms with Crippen molar-refractivity contribution < 1.29 is 23.9 Å². The lowest BCUT2D eigenvalue weighted by Gasteiger charge is -2.16. The Morgan fingerprint density at radius 2 is 1.62 bits per heavy atom. The van der Waals surface area contributed by atoms with Crippen LogP contribution in [0, 0.1) is 10.1 Å². The maximum Gasteiger partial charge on any atom is 0.280 e. The third-order valence-electron chi connectivity index (χ3n) is 5.64. The van der Waals surface area contributed by atoms with E-state index in [9.17, 15) is 19.7 Å². The first kappa shape index (κ1) is 29.0. The fraction of sp³-hybridized carbons (Fsp3) is 0.370. The Morgan fingerprint density at radius 3 is 2.13 bits per heavy atom. The number of nitro groups is 1. The van der Waals surface area contributed by atoms with Crippen LogP contribution in [-0.2, 0) is 6.42 Å². The lowest BCUT2D eigenvalue weighted by Crippen LogP contribution is -2.23. The molecule has 12 nitrogen and oxygen atoms in total. The number of nitrogens with one attached hydrogen (secondary N) is 2. The van der Waals surface area contributed by atoms with Gasteiger partial charge in [-0.2, -0.15) is 5.10 Å². The van der Waals surface area contributed by atoms with Crippen LogP contribution in [0.4, 0.5) is 5.69 Å². The molecule has 0 atom stereocenters. The van der Waals surface area contributed by atoms with Gasteiger partial charge in [-0.15, -0.1) is 0 Å². The van der Waals surface area contributed by atoms with Crippen molar-refractivity contribution in [3.8, 4) is 22.9 Å². The van der Waals surface area contributed by atoms with Gasteiger partial charge >= 0.3 is 0 Å². The van der Waals surface area contributed by atoms with Crippen molar-refractivity contribution in [1.82, 2.24) is 15.2 Å². The normalized spacial score (nSPS) is 11.3. The van der Waals surface area contributed by atoms with Crippen molar-refractivity contribution in [2.24, 2.45) is 5.10 Å². The lowest BCUT2D eigenvalue weighted by molar-refractivity contribution is -0.384. The molecule has 3 aromatic rings. The highest BCUT2D eigenvalue weighted by atomic mass is 16.6. The van der Waals surface area contributed by atoms with Gasteiger partial charge in [0.2, 0.25) is 5.75 Å². The van der Waals surface area contributed by atoms with Gasteiger partial charge in [-0.1, -0.05) is 13.3 Å². The second-order valence-corrected chi connectivity index (χ2v) is 8.37. The Bertz CT molecular complexity index is 1380. The fourth-order valence-electron chi connectivity index (χ4n) is 3.97. The van der Waals surface area contributed by atoms with Crippen LogP contribution in [0.1, 0.15) is 62.7 Å². The minimum absolute atomic E-state index is 0.0814. The summed E-state index contributed by atoms with van der Waals surface area (Å²) < 4.78 is 18.4. The quantitative estimate of drug-likeness (QED) is 0.186. The molecule has 2 aromatic carbocycles. The number of carbonyl (C=O) groups is 1. The number of nitro benzene ring substituents is 1. The lowest BCUT2D eigenvalue weighted by atomic mass is 10.1. The summed E-state index contributed by atoms with van der Waals surface area (Å²) in [4.78, 5) is 36.9. The molecule has 2 N–H and O–H groups in total. The van der Waals surface area contributed by atoms with Gasteiger partial charge in [0.1, 0.15) is 0 Å². The number of hydrogen-bond acceptors (Lipinski definition) is 8. The molecule has 39 heavy (non-hydrogen) atoms. The molecule has 0 unspecified atom stereocenters. The SMILES string of the molecule is CCCc1[nH]n(-c2ccc([N+](=O)[O-])cc2)c(=O)c1/C(C)=N/NC(=O)c1cc(OCC)c(OCC)c(OCC)c1. The fourth-order valence-corrected chi connectivity index (χ4v) is 3.97. The van der Waals surface area contributed by atoms with Crippen molar-refractivity contribution in [2.45, 2.75) is 47.5 Å². The highest BCUT2D eigenvalue weighted by molar-refractivity contribution is 6.01. The number of hydrazone groups is 1. The highest BCUT2D eigenvalue weighted by Gasteiger charge is 2.20. The van der Waals surface area contributed by atoms with Gasteiger partial charge in [-0.3, -0.25) is 24.8 Å². The molecule has 0 aliphatic heterocycles. The zero-order valence-corrected chi connectivity index (χ0v) is 22.7. The maximum atomic E-state index is 13.3. The van der Waals surface area contributed by atoms with Gasteiger partial charge in [0.15, 0.2) is 11.5 Å². The zero-order valence-electron chi connectivity index (χ0n) is 22.7. The summed E-state index contributed by atoms with van der Waals surface area (Å²) in [6.45, 7) is 10.2. The van der Waals surface area contributed by atoms with Crippen molar-refractivity contribution in [1.29, 1.82) is 0 Å². The van der Waals surface area contributed by atoms with E-state index in [2.05, 4.69) is 15.6 Å². The summed E-state index contributed by atoms with van der Waals surface area (Å²) >= 11 is 0. The summed E-state index contributed by atoms with van der Waals surface area (Å²) in [5, 5.41) is 18.3. The molecule has 0 saturated carbocycles. The first-order valence-corrected chi connectivity index (χ1v) is 12.8. The molecule has 0 aliphatic rings. The van der Waals surface area contributed by atoms with Crippen LogP contribution in [-0.4, -0.2) is 46.1 Å². The van der Waals surface area contributed by atoms with Crippen LogP contribution in [0.5, 0.6) is 17.2 Å². The Morgan fingerprint density at radius 1 is 1.03 bits per heavy atom. The molecule has 1 amide bonds. The smallest absolute Gasteiger partial charge is 0.280 e. The van der Waals surface area contributed by atoms with Crippen LogP contribution in [0.2, 0.25) is 0 Å². The molecular weight excluding hydrogens is 506 g/mol. The van der Waals surface area contributed by atoms with Gasteiger partial charge in [-0.25, -0.2) is 10.1 Å². The predicted octanol–water partition coefficient (Wildman–Crippen LogP) is 4.38. The topological polar surface area (TPSA) is 150 Å². The van der Waals surface area contributed by atoms with E-state index in [0.29, 0.717) is 66.1 Å². The molecule has 0 saturated heterocycles. The molecule has 0 spiro atoms. The summed E-state index contributed by atoms with van der Waals surface area (Å²) in [6, 6.07) is 8.73. The second kappa shape index (κ2) is 13.3. The number of amides is 1. The zero-order chi connectivity index (χ0) is 28.5. The maximum absolute atomic E-state index is 13.3. The van der Waals surface area contributed by atoms with Gasteiger partial charge in [-0.05, 0) is 58.4 Å². The van der Waals surface area contributed by atoms with Crippen molar-refractivity contribution in [2.75, 3.05) is 19.8 Å². The standard InChI is InChI=1S/C27H33N5O7/c1-6-10-21-24(27(34)31(30-21)19-11-13-20(14-12-19)32(35)36)17(5)28-29-26(33)18-15-22(37-7-2)25(39-9-4)23(16-18)38-8-3/h11-16,30H,6-10H2,1-5H3,(H,29,33)/b28-17+. The predicted molar refractivity (Wildman–Crippen MR) is 147 cm³/mol. The van der Waals surface area contributed by atoms with Gasteiger partial charge < -0.3 is 14.2 Å². The molecule has 208 valence electrons. The number of carbonyl (C=O) groups excluding carboxylic acids is 1. The van der Waals surface area contributed by atoms with E-state index >= 15 is 0 Å². The minimum atomic E-state index is -0.525. The first-order valence-electron chi connectivity index (χ1n) is 12.8. The van der Waals surface area contributed by atoms with E-state index < -0.39 is 10.8 Å². The summed E-state index contributed by atoms with van der Waals surface area (Å²) in [7, 11) is 0. The van der Waals surface area contributed by atoms with Crippen molar-refractivity contribution >= 4 is 17.3 Å². The van der Waals surface area contributed by atoms with Crippen molar-refractivity contribution in [3.63, 3.8) is 0 Å². The minimum Gasteiger partial charge on any atom is -0.490 e. The summed E-state index contributed by atoms with van der Waals surface area (Å²) in [6.07, 6.45) is 1.30. The van der Waals surface area contributed by atoms with Crippen LogP contribution in [0.15, 0.2) is 46.3 Å².